The zero-order valence-corrected chi connectivity index (χ0v) is 15.2. The van der Waals surface area contributed by atoms with Crippen molar-refractivity contribution in [2.24, 2.45) is 0 Å². The number of anilines is 1. The van der Waals surface area contributed by atoms with Crippen LogP contribution >= 0.6 is 0 Å². The Labute approximate surface area is 152 Å². The Bertz CT molecular complexity index is 761. The number of carboxylic acid groups (broad SMARTS) is 2. The van der Waals surface area contributed by atoms with E-state index in [-0.39, 0.29) is 0 Å². The Morgan fingerprint density at radius 1 is 0.923 bits per heavy atom. The highest BCUT2D eigenvalue weighted by molar-refractivity contribution is 6.27. The average Bonchev–Trinajstić information content (AvgIpc) is 2.63. The SMILES string of the molecule is COc1ccc(CNc2ccc(C)c(C)c2)c(OC)c1.O=C(O)C(=O)O. The van der Waals surface area contributed by atoms with Crippen molar-refractivity contribution >= 4 is 17.6 Å². The summed E-state index contributed by atoms with van der Waals surface area (Å²) in [4.78, 5) is 18.2. The van der Waals surface area contributed by atoms with Gasteiger partial charge in [-0.05, 0) is 49.2 Å². The number of methoxy groups -OCH3 is 2. The highest BCUT2D eigenvalue weighted by Gasteiger charge is 2.05. The van der Waals surface area contributed by atoms with Crippen LogP contribution in [0.25, 0.3) is 0 Å². The highest BCUT2D eigenvalue weighted by Crippen LogP contribution is 2.25. The number of ether oxygens (including phenoxy) is 2. The number of aryl methyl sites for hydroxylation is 2. The molecule has 0 fully saturated rings. The fraction of sp³-hybridized carbons (Fsp3) is 0.263. The number of benzene rings is 2. The van der Waals surface area contributed by atoms with E-state index in [1.807, 2.05) is 18.2 Å². The van der Waals surface area contributed by atoms with Gasteiger partial charge in [-0.15, -0.1) is 0 Å². The molecule has 0 unspecified atom stereocenters. The topological polar surface area (TPSA) is 105 Å². The minimum absolute atomic E-state index is 0.718. The molecule has 0 radical (unpaired) electrons. The zero-order valence-electron chi connectivity index (χ0n) is 15.2. The van der Waals surface area contributed by atoms with Crippen LogP contribution in [0.15, 0.2) is 36.4 Å². The van der Waals surface area contributed by atoms with Crippen LogP contribution in [0.1, 0.15) is 16.7 Å². The van der Waals surface area contributed by atoms with Crippen LogP contribution in [0.2, 0.25) is 0 Å². The van der Waals surface area contributed by atoms with E-state index in [1.165, 1.54) is 11.1 Å². The van der Waals surface area contributed by atoms with Crippen LogP contribution in [0.5, 0.6) is 11.5 Å². The summed E-state index contributed by atoms with van der Waals surface area (Å²) in [7, 11) is 3.33. The normalized spacial score (nSPS) is 9.54. The first kappa shape index (κ1) is 20.8. The first-order valence-corrected chi connectivity index (χ1v) is 7.76. The van der Waals surface area contributed by atoms with Gasteiger partial charge in [-0.2, -0.15) is 0 Å². The number of hydrogen-bond acceptors (Lipinski definition) is 5. The Morgan fingerprint density at radius 3 is 2.08 bits per heavy atom. The van der Waals surface area contributed by atoms with Crippen molar-refractivity contribution in [3.05, 3.63) is 53.1 Å². The van der Waals surface area contributed by atoms with E-state index in [0.29, 0.717) is 0 Å². The van der Waals surface area contributed by atoms with Crippen molar-refractivity contribution in [1.29, 1.82) is 0 Å². The molecule has 26 heavy (non-hydrogen) atoms. The standard InChI is InChI=1S/C17H21NO2.C2H2O4/c1-12-5-7-15(9-13(12)2)18-11-14-6-8-16(19-3)10-17(14)20-4;3-1(4)2(5)6/h5-10,18H,11H2,1-4H3;(H,3,4)(H,5,6). The van der Waals surface area contributed by atoms with Gasteiger partial charge in [-0.25, -0.2) is 9.59 Å². The predicted octanol–water partition coefficient (Wildman–Crippen LogP) is 3.09. The van der Waals surface area contributed by atoms with E-state index < -0.39 is 11.9 Å². The second kappa shape index (κ2) is 9.93. The van der Waals surface area contributed by atoms with E-state index in [9.17, 15) is 0 Å². The third-order valence-electron chi connectivity index (χ3n) is 3.67. The lowest BCUT2D eigenvalue weighted by atomic mass is 10.1. The van der Waals surface area contributed by atoms with Gasteiger partial charge in [-0.3, -0.25) is 0 Å². The molecule has 0 aliphatic heterocycles. The van der Waals surface area contributed by atoms with Gasteiger partial charge in [0, 0.05) is 23.9 Å². The molecule has 0 amide bonds. The van der Waals surface area contributed by atoms with Gasteiger partial charge in [0.15, 0.2) is 0 Å². The summed E-state index contributed by atoms with van der Waals surface area (Å²) in [5.41, 5.74) is 4.81. The number of aliphatic carboxylic acids is 2. The summed E-state index contributed by atoms with van der Waals surface area (Å²) in [5.74, 6) is -2.01. The van der Waals surface area contributed by atoms with Crippen molar-refractivity contribution in [2.45, 2.75) is 20.4 Å². The average molecular weight is 361 g/mol. The molecule has 0 spiro atoms. The Balaban J connectivity index is 0.000000487. The number of carbonyl (C=O) groups is 2. The molecule has 0 aromatic heterocycles. The fourth-order valence-electron chi connectivity index (χ4n) is 2.05. The zero-order chi connectivity index (χ0) is 19.7. The Hall–Kier alpha value is -3.22. The molecule has 7 nitrogen and oxygen atoms in total. The van der Waals surface area contributed by atoms with Crippen LogP contribution in [-0.2, 0) is 16.1 Å². The molecule has 2 aromatic carbocycles. The van der Waals surface area contributed by atoms with Gasteiger partial charge in [-0.1, -0.05) is 6.07 Å². The Morgan fingerprint density at radius 2 is 1.58 bits per heavy atom. The van der Waals surface area contributed by atoms with Crippen LogP contribution < -0.4 is 14.8 Å². The molecule has 0 heterocycles. The molecule has 2 aromatic rings. The van der Waals surface area contributed by atoms with Gasteiger partial charge in [0.05, 0.1) is 14.2 Å². The van der Waals surface area contributed by atoms with E-state index in [0.717, 1.165) is 29.3 Å². The largest absolute Gasteiger partial charge is 0.497 e. The lowest BCUT2D eigenvalue weighted by molar-refractivity contribution is -0.159. The molecule has 140 valence electrons. The summed E-state index contributed by atoms with van der Waals surface area (Å²) in [6.07, 6.45) is 0. The molecule has 0 atom stereocenters. The lowest BCUT2D eigenvalue weighted by Crippen LogP contribution is -2.09. The molecule has 2 rings (SSSR count). The van der Waals surface area contributed by atoms with Crippen LogP contribution in [-0.4, -0.2) is 36.4 Å². The fourth-order valence-corrected chi connectivity index (χ4v) is 2.05. The van der Waals surface area contributed by atoms with Gasteiger partial charge in [0.25, 0.3) is 0 Å². The third-order valence-corrected chi connectivity index (χ3v) is 3.67. The molecule has 3 N–H and O–H groups in total. The maximum absolute atomic E-state index is 9.10. The second-order valence-electron chi connectivity index (χ2n) is 5.44. The number of carboxylic acids is 2. The van der Waals surface area contributed by atoms with Crippen LogP contribution in [0.4, 0.5) is 5.69 Å². The predicted molar refractivity (Wildman–Crippen MR) is 98.1 cm³/mol. The summed E-state index contributed by atoms with van der Waals surface area (Å²) >= 11 is 0. The second-order valence-corrected chi connectivity index (χ2v) is 5.44. The van der Waals surface area contributed by atoms with E-state index in [4.69, 9.17) is 29.3 Å². The van der Waals surface area contributed by atoms with Crippen molar-refractivity contribution in [3.63, 3.8) is 0 Å². The molecule has 0 bridgehead atoms. The first-order valence-electron chi connectivity index (χ1n) is 7.76. The minimum atomic E-state index is -1.82. The van der Waals surface area contributed by atoms with Crippen molar-refractivity contribution in [2.75, 3.05) is 19.5 Å². The van der Waals surface area contributed by atoms with Crippen LogP contribution in [0.3, 0.4) is 0 Å². The van der Waals surface area contributed by atoms with E-state index >= 15 is 0 Å². The van der Waals surface area contributed by atoms with Gasteiger partial charge < -0.3 is 25.0 Å². The number of hydrogen-bond donors (Lipinski definition) is 3. The molecule has 0 saturated carbocycles. The summed E-state index contributed by atoms with van der Waals surface area (Å²) in [6.45, 7) is 4.95. The number of rotatable bonds is 5. The molecule has 7 heteroatoms. The quantitative estimate of drug-likeness (QED) is 0.703. The van der Waals surface area contributed by atoms with Crippen molar-refractivity contribution < 1.29 is 29.3 Å². The van der Waals surface area contributed by atoms with Crippen LogP contribution in [0, 0.1) is 13.8 Å². The maximum atomic E-state index is 9.10. The summed E-state index contributed by atoms with van der Waals surface area (Å²) in [6, 6.07) is 12.2. The monoisotopic (exact) mass is 361 g/mol. The van der Waals surface area contributed by atoms with Crippen molar-refractivity contribution in [1.82, 2.24) is 0 Å². The molecule has 0 saturated heterocycles. The highest BCUT2D eigenvalue weighted by atomic mass is 16.5. The molecule has 0 aliphatic rings. The molecule has 0 aliphatic carbocycles. The van der Waals surface area contributed by atoms with Gasteiger partial charge in [0.1, 0.15) is 11.5 Å². The Kier molecular flexibility index (Phi) is 7.95. The van der Waals surface area contributed by atoms with E-state index in [2.05, 4.69) is 37.4 Å². The lowest BCUT2D eigenvalue weighted by Gasteiger charge is -2.13. The van der Waals surface area contributed by atoms with E-state index in [1.54, 1.807) is 14.2 Å². The summed E-state index contributed by atoms with van der Waals surface area (Å²) < 4.78 is 10.6. The minimum Gasteiger partial charge on any atom is -0.497 e. The third kappa shape index (κ3) is 6.35. The molecular formula is C19H23NO6. The smallest absolute Gasteiger partial charge is 0.414 e. The molecular weight excluding hydrogens is 338 g/mol. The first-order chi connectivity index (χ1) is 12.3. The van der Waals surface area contributed by atoms with Crippen molar-refractivity contribution in [3.8, 4) is 11.5 Å². The number of nitrogens with one attached hydrogen (secondary N) is 1. The van der Waals surface area contributed by atoms with Gasteiger partial charge in [0.2, 0.25) is 0 Å². The maximum Gasteiger partial charge on any atom is 0.414 e. The summed E-state index contributed by atoms with van der Waals surface area (Å²) in [5, 5.41) is 18.2. The van der Waals surface area contributed by atoms with Gasteiger partial charge >= 0.3 is 11.9 Å².